The van der Waals surface area contributed by atoms with E-state index in [4.69, 9.17) is 0 Å². The van der Waals surface area contributed by atoms with Crippen molar-refractivity contribution in [1.82, 2.24) is 13.7 Å². The minimum absolute atomic E-state index is 0.328. The van der Waals surface area contributed by atoms with E-state index in [1.54, 1.807) is 19.2 Å². The van der Waals surface area contributed by atoms with Crippen molar-refractivity contribution in [2.24, 2.45) is 20.0 Å². The summed E-state index contributed by atoms with van der Waals surface area (Å²) >= 11 is 0. The molecule has 0 atom stereocenters. The van der Waals surface area contributed by atoms with Crippen LogP contribution in [0.5, 0.6) is 0 Å². The third kappa shape index (κ3) is 2.48. The number of halogens is 1. The number of benzene rings is 1. The van der Waals surface area contributed by atoms with E-state index in [2.05, 4.69) is 13.8 Å². The van der Waals surface area contributed by atoms with Gasteiger partial charge in [0.2, 0.25) is 0 Å². The molecule has 0 bridgehead atoms. The van der Waals surface area contributed by atoms with E-state index in [-0.39, 0.29) is 17.1 Å². The number of aromatic nitrogens is 3. The second-order valence-corrected chi connectivity index (χ2v) is 6.50. The number of rotatable bonds is 3. The summed E-state index contributed by atoms with van der Waals surface area (Å²) < 4.78 is 17.8. The predicted molar refractivity (Wildman–Crippen MR) is 92.7 cm³/mol. The average Bonchev–Trinajstić information content (AvgIpc) is 2.90. The average molecular weight is 329 g/mol. The van der Waals surface area contributed by atoms with Crippen LogP contribution in [0.3, 0.4) is 0 Å². The van der Waals surface area contributed by atoms with Gasteiger partial charge in [-0.1, -0.05) is 13.8 Å². The Kier molecular flexibility index (Phi) is 3.91. The molecule has 126 valence electrons. The zero-order valence-corrected chi connectivity index (χ0v) is 14.2. The standard InChI is InChI=1S/C18H20FN3O2/c1-11(2)9-22-10-14-15(17(23)21(4)18(24)20(14)3)16(22)12-5-7-13(19)8-6-12/h5-8,10-11H,9H2,1-4H3. The van der Waals surface area contributed by atoms with Crippen LogP contribution in [-0.2, 0) is 20.6 Å². The molecule has 0 radical (unpaired) electrons. The molecule has 0 unspecified atom stereocenters. The molecule has 3 rings (SSSR count). The molecular weight excluding hydrogens is 309 g/mol. The maximum absolute atomic E-state index is 13.3. The third-order valence-corrected chi connectivity index (χ3v) is 4.19. The lowest BCUT2D eigenvalue weighted by atomic mass is 10.1. The first-order valence-corrected chi connectivity index (χ1v) is 7.86. The van der Waals surface area contributed by atoms with E-state index in [9.17, 15) is 14.0 Å². The second-order valence-electron chi connectivity index (χ2n) is 6.50. The van der Waals surface area contributed by atoms with Crippen LogP contribution in [0, 0.1) is 11.7 Å². The summed E-state index contributed by atoms with van der Waals surface area (Å²) in [5.41, 5.74) is 1.36. The fourth-order valence-electron chi connectivity index (χ4n) is 3.04. The van der Waals surface area contributed by atoms with Gasteiger partial charge in [-0.15, -0.1) is 0 Å². The number of nitrogens with zero attached hydrogens (tertiary/aromatic N) is 3. The highest BCUT2D eigenvalue weighted by molar-refractivity contribution is 5.93. The molecule has 0 amide bonds. The molecule has 2 heterocycles. The van der Waals surface area contributed by atoms with Gasteiger partial charge in [-0.3, -0.25) is 13.9 Å². The number of aryl methyl sites for hydroxylation is 1. The Hall–Kier alpha value is -2.63. The molecule has 6 heteroatoms. The van der Waals surface area contributed by atoms with Crippen molar-refractivity contribution in [1.29, 1.82) is 0 Å². The highest BCUT2D eigenvalue weighted by atomic mass is 19.1. The Morgan fingerprint density at radius 3 is 2.25 bits per heavy atom. The van der Waals surface area contributed by atoms with Crippen molar-refractivity contribution in [3.63, 3.8) is 0 Å². The molecular formula is C18H20FN3O2. The SMILES string of the molecule is CC(C)Cn1cc2c(c1-c1ccc(F)cc1)c(=O)n(C)c(=O)n2C. The molecule has 24 heavy (non-hydrogen) atoms. The monoisotopic (exact) mass is 329 g/mol. The maximum Gasteiger partial charge on any atom is 0.330 e. The van der Waals surface area contributed by atoms with Crippen LogP contribution < -0.4 is 11.2 Å². The van der Waals surface area contributed by atoms with E-state index in [0.29, 0.717) is 23.4 Å². The van der Waals surface area contributed by atoms with E-state index >= 15 is 0 Å². The molecule has 0 saturated carbocycles. The summed E-state index contributed by atoms with van der Waals surface area (Å²) in [5.74, 6) is 0.0252. The molecule has 0 N–H and O–H groups in total. The lowest BCUT2D eigenvalue weighted by Gasteiger charge is -2.12. The Labute approximate surface area is 138 Å². The molecule has 2 aromatic heterocycles. The number of hydrogen-bond acceptors (Lipinski definition) is 2. The van der Waals surface area contributed by atoms with Gasteiger partial charge in [0.1, 0.15) is 5.82 Å². The molecule has 0 aliphatic carbocycles. The van der Waals surface area contributed by atoms with Crippen LogP contribution in [0.15, 0.2) is 40.1 Å². The fourth-order valence-corrected chi connectivity index (χ4v) is 3.04. The first kappa shape index (κ1) is 16.2. The zero-order valence-electron chi connectivity index (χ0n) is 14.2. The minimum Gasteiger partial charge on any atom is -0.344 e. The van der Waals surface area contributed by atoms with Crippen LogP contribution in [0.1, 0.15) is 13.8 Å². The van der Waals surface area contributed by atoms with E-state index in [1.165, 1.54) is 23.7 Å². The first-order valence-electron chi connectivity index (χ1n) is 7.86. The molecule has 3 aromatic rings. The largest absolute Gasteiger partial charge is 0.344 e. The maximum atomic E-state index is 13.3. The lowest BCUT2D eigenvalue weighted by Crippen LogP contribution is -2.36. The molecule has 0 fully saturated rings. The summed E-state index contributed by atoms with van der Waals surface area (Å²) in [5, 5.41) is 0.479. The lowest BCUT2D eigenvalue weighted by molar-refractivity contribution is 0.529. The van der Waals surface area contributed by atoms with Crippen molar-refractivity contribution in [2.75, 3.05) is 0 Å². The van der Waals surface area contributed by atoms with E-state index in [0.717, 1.165) is 15.8 Å². The van der Waals surface area contributed by atoms with Crippen LogP contribution in [0.2, 0.25) is 0 Å². The highest BCUT2D eigenvalue weighted by Gasteiger charge is 2.19. The molecule has 1 aromatic carbocycles. The van der Waals surface area contributed by atoms with Gasteiger partial charge in [-0.2, -0.15) is 0 Å². The molecule has 0 aliphatic heterocycles. The van der Waals surface area contributed by atoms with Gasteiger partial charge in [0.25, 0.3) is 5.56 Å². The predicted octanol–water partition coefficient (Wildman–Crippen LogP) is 2.50. The Morgan fingerprint density at radius 1 is 1.04 bits per heavy atom. The smallest absolute Gasteiger partial charge is 0.330 e. The molecule has 0 aliphatic rings. The highest BCUT2D eigenvalue weighted by Crippen LogP contribution is 2.28. The summed E-state index contributed by atoms with van der Waals surface area (Å²) in [6.45, 7) is 4.85. The fraction of sp³-hybridized carbons (Fsp3) is 0.333. The summed E-state index contributed by atoms with van der Waals surface area (Å²) in [7, 11) is 3.12. The van der Waals surface area contributed by atoms with Gasteiger partial charge in [-0.05, 0) is 35.7 Å². The summed E-state index contributed by atoms with van der Waals surface area (Å²) in [6, 6.07) is 6.07. The van der Waals surface area contributed by atoms with Gasteiger partial charge < -0.3 is 4.57 Å². The normalized spacial score (nSPS) is 11.6. The van der Waals surface area contributed by atoms with Crippen molar-refractivity contribution >= 4 is 10.9 Å². The van der Waals surface area contributed by atoms with Gasteiger partial charge in [0, 0.05) is 26.8 Å². The van der Waals surface area contributed by atoms with Crippen LogP contribution in [-0.4, -0.2) is 13.7 Å². The van der Waals surface area contributed by atoms with Gasteiger partial charge >= 0.3 is 5.69 Å². The quantitative estimate of drug-likeness (QED) is 0.741. The van der Waals surface area contributed by atoms with Crippen LogP contribution >= 0.6 is 0 Å². The van der Waals surface area contributed by atoms with Gasteiger partial charge in [0.05, 0.1) is 16.6 Å². The van der Waals surface area contributed by atoms with Gasteiger partial charge in [-0.25, -0.2) is 9.18 Å². The molecule has 0 saturated heterocycles. The number of hydrogen-bond donors (Lipinski definition) is 0. The minimum atomic E-state index is -0.361. The van der Waals surface area contributed by atoms with E-state index in [1.807, 2.05) is 10.8 Å². The zero-order chi connectivity index (χ0) is 17.6. The topological polar surface area (TPSA) is 48.9 Å². The van der Waals surface area contributed by atoms with Crippen molar-refractivity contribution < 1.29 is 4.39 Å². The second kappa shape index (κ2) is 5.78. The first-order chi connectivity index (χ1) is 11.3. The third-order valence-electron chi connectivity index (χ3n) is 4.19. The number of fused-ring (bicyclic) bond motifs is 1. The molecule has 0 spiro atoms. The van der Waals surface area contributed by atoms with Crippen molar-refractivity contribution in [3.8, 4) is 11.3 Å². The van der Waals surface area contributed by atoms with Crippen LogP contribution in [0.4, 0.5) is 4.39 Å². The molecule has 5 nitrogen and oxygen atoms in total. The summed E-state index contributed by atoms with van der Waals surface area (Å²) in [4.78, 5) is 24.9. The summed E-state index contributed by atoms with van der Waals surface area (Å²) in [6.07, 6.45) is 1.83. The van der Waals surface area contributed by atoms with Crippen LogP contribution in [0.25, 0.3) is 22.2 Å². The van der Waals surface area contributed by atoms with Crippen molar-refractivity contribution in [3.05, 3.63) is 57.1 Å². The Balaban J connectivity index is 2.46. The van der Waals surface area contributed by atoms with Gasteiger partial charge in [0.15, 0.2) is 0 Å². The van der Waals surface area contributed by atoms with E-state index < -0.39 is 0 Å². The Morgan fingerprint density at radius 2 is 1.67 bits per heavy atom. The Bertz CT molecular complexity index is 1020. The van der Waals surface area contributed by atoms with Crippen molar-refractivity contribution in [2.45, 2.75) is 20.4 Å².